The lowest BCUT2D eigenvalue weighted by Crippen LogP contribution is -2.58. The van der Waals surface area contributed by atoms with Crippen molar-refractivity contribution in [3.05, 3.63) is 35.9 Å². The van der Waals surface area contributed by atoms with E-state index in [2.05, 4.69) is 61.3 Å². The average Bonchev–Trinajstić information content (AvgIpc) is 2.39. The van der Waals surface area contributed by atoms with Gasteiger partial charge in [0.25, 0.3) is 0 Å². The van der Waals surface area contributed by atoms with E-state index in [0.717, 1.165) is 32.8 Å². The van der Waals surface area contributed by atoms with Gasteiger partial charge >= 0.3 is 0 Å². The Hall–Kier alpha value is -0.900. The van der Waals surface area contributed by atoms with Crippen molar-refractivity contribution in [2.24, 2.45) is 0 Å². The molecule has 106 valence electrons. The van der Waals surface area contributed by atoms with Crippen molar-refractivity contribution in [3.8, 4) is 0 Å². The molecule has 1 N–H and O–H groups in total. The first-order valence-corrected chi connectivity index (χ1v) is 7.24. The van der Waals surface area contributed by atoms with E-state index in [1.165, 1.54) is 5.56 Å². The third-order valence-corrected chi connectivity index (χ3v) is 3.72. The summed E-state index contributed by atoms with van der Waals surface area (Å²) in [6.07, 6.45) is 0. The van der Waals surface area contributed by atoms with E-state index < -0.39 is 0 Å². The fraction of sp³-hybridized carbons (Fsp3) is 0.625. The van der Waals surface area contributed by atoms with E-state index in [4.69, 9.17) is 4.74 Å². The van der Waals surface area contributed by atoms with E-state index in [1.54, 1.807) is 0 Å². The van der Waals surface area contributed by atoms with Crippen molar-refractivity contribution in [2.75, 3.05) is 32.8 Å². The van der Waals surface area contributed by atoms with E-state index in [0.29, 0.717) is 6.04 Å². The van der Waals surface area contributed by atoms with Gasteiger partial charge in [-0.2, -0.15) is 0 Å². The molecule has 3 heteroatoms. The molecule has 1 aromatic carbocycles. The highest BCUT2D eigenvalue weighted by molar-refractivity contribution is 5.20. The monoisotopic (exact) mass is 262 g/mol. The summed E-state index contributed by atoms with van der Waals surface area (Å²) in [6, 6.07) is 11.2. The number of benzene rings is 1. The summed E-state index contributed by atoms with van der Waals surface area (Å²) in [7, 11) is 0. The van der Waals surface area contributed by atoms with Crippen molar-refractivity contribution >= 4 is 0 Å². The number of hydrogen-bond acceptors (Lipinski definition) is 3. The molecule has 0 aromatic heterocycles. The van der Waals surface area contributed by atoms with Gasteiger partial charge < -0.3 is 10.1 Å². The molecular weight excluding hydrogens is 236 g/mol. The maximum Gasteiger partial charge on any atom is 0.0593 e. The van der Waals surface area contributed by atoms with Crippen LogP contribution in [0.15, 0.2) is 30.3 Å². The highest BCUT2D eigenvalue weighted by atomic mass is 16.5. The Morgan fingerprint density at radius 3 is 2.74 bits per heavy atom. The Balaban J connectivity index is 2.06. The van der Waals surface area contributed by atoms with Crippen LogP contribution in [0, 0.1) is 0 Å². The quantitative estimate of drug-likeness (QED) is 0.825. The van der Waals surface area contributed by atoms with Crippen molar-refractivity contribution in [1.82, 2.24) is 10.2 Å². The van der Waals surface area contributed by atoms with Crippen LogP contribution in [-0.2, 0) is 4.74 Å². The van der Waals surface area contributed by atoms with Gasteiger partial charge in [0, 0.05) is 37.8 Å². The second-order valence-corrected chi connectivity index (χ2v) is 5.86. The van der Waals surface area contributed by atoms with E-state index in [1.807, 2.05) is 0 Å². The molecule has 0 spiro atoms. The van der Waals surface area contributed by atoms with Gasteiger partial charge in [-0.05, 0) is 26.3 Å². The second kappa shape index (κ2) is 6.51. The zero-order valence-corrected chi connectivity index (χ0v) is 12.4. The third-order valence-electron chi connectivity index (χ3n) is 3.72. The van der Waals surface area contributed by atoms with Crippen molar-refractivity contribution < 1.29 is 4.74 Å². The molecule has 0 amide bonds. The predicted molar refractivity (Wildman–Crippen MR) is 79.3 cm³/mol. The van der Waals surface area contributed by atoms with Crippen LogP contribution >= 0.6 is 0 Å². The van der Waals surface area contributed by atoms with Gasteiger partial charge in [0.15, 0.2) is 0 Å². The zero-order chi connectivity index (χ0) is 13.7. The van der Waals surface area contributed by atoms with Crippen LogP contribution < -0.4 is 5.32 Å². The SMILES string of the molecule is CCOCCN1CC(C)(C)NCC1c1ccccc1. The first kappa shape index (κ1) is 14.5. The van der Waals surface area contributed by atoms with E-state index in [-0.39, 0.29) is 5.54 Å². The van der Waals surface area contributed by atoms with Crippen molar-refractivity contribution in [3.63, 3.8) is 0 Å². The van der Waals surface area contributed by atoms with Crippen LogP contribution in [0.25, 0.3) is 0 Å². The van der Waals surface area contributed by atoms with Crippen molar-refractivity contribution in [1.29, 1.82) is 0 Å². The molecule has 1 heterocycles. The molecule has 1 atom stereocenters. The minimum Gasteiger partial charge on any atom is -0.380 e. The highest BCUT2D eigenvalue weighted by Gasteiger charge is 2.32. The molecule has 0 saturated carbocycles. The number of ether oxygens (including phenoxy) is 1. The fourth-order valence-corrected chi connectivity index (χ4v) is 2.74. The number of rotatable bonds is 5. The Morgan fingerprint density at radius 1 is 1.32 bits per heavy atom. The molecule has 1 fully saturated rings. The van der Waals surface area contributed by atoms with Crippen LogP contribution in [0.1, 0.15) is 32.4 Å². The Bertz CT molecular complexity index is 378. The lowest BCUT2D eigenvalue weighted by molar-refractivity contribution is 0.0525. The number of piperazine rings is 1. The molecular formula is C16H26N2O. The van der Waals surface area contributed by atoms with Gasteiger partial charge in [-0.1, -0.05) is 30.3 Å². The summed E-state index contributed by atoms with van der Waals surface area (Å²) in [4.78, 5) is 2.54. The second-order valence-electron chi connectivity index (χ2n) is 5.86. The molecule has 0 bridgehead atoms. The van der Waals surface area contributed by atoms with Crippen LogP contribution in [0.2, 0.25) is 0 Å². The molecule has 1 aliphatic rings. The molecule has 1 aliphatic heterocycles. The smallest absolute Gasteiger partial charge is 0.0593 e. The van der Waals surface area contributed by atoms with Gasteiger partial charge in [0.2, 0.25) is 0 Å². The Morgan fingerprint density at radius 2 is 2.05 bits per heavy atom. The molecule has 1 unspecified atom stereocenters. The first-order chi connectivity index (χ1) is 9.12. The lowest BCUT2D eigenvalue weighted by atomic mass is 9.95. The molecule has 1 saturated heterocycles. The number of nitrogens with zero attached hydrogens (tertiary/aromatic N) is 1. The van der Waals surface area contributed by atoms with Crippen molar-refractivity contribution in [2.45, 2.75) is 32.4 Å². The summed E-state index contributed by atoms with van der Waals surface area (Å²) in [5.41, 5.74) is 1.57. The predicted octanol–water partition coefficient (Wildman–Crippen LogP) is 2.45. The molecule has 0 aliphatic carbocycles. The third kappa shape index (κ3) is 4.03. The highest BCUT2D eigenvalue weighted by Crippen LogP contribution is 2.26. The lowest BCUT2D eigenvalue weighted by Gasteiger charge is -2.44. The van der Waals surface area contributed by atoms with Crippen LogP contribution in [-0.4, -0.2) is 43.3 Å². The Labute approximate surface area is 116 Å². The van der Waals surface area contributed by atoms with Crippen LogP contribution in [0.5, 0.6) is 0 Å². The average molecular weight is 262 g/mol. The summed E-state index contributed by atoms with van der Waals surface area (Å²) in [5.74, 6) is 0. The van der Waals surface area contributed by atoms with Gasteiger partial charge in [0.05, 0.1) is 6.61 Å². The van der Waals surface area contributed by atoms with Gasteiger partial charge in [-0.3, -0.25) is 4.90 Å². The number of hydrogen-bond donors (Lipinski definition) is 1. The van der Waals surface area contributed by atoms with E-state index in [9.17, 15) is 0 Å². The zero-order valence-electron chi connectivity index (χ0n) is 12.4. The molecule has 1 aromatic rings. The first-order valence-electron chi connectivity index (χ1n) is 7.24. The minimum absolute atomic E-state index is 0.178. The van der Waals surface area contributed by atoms with E-state index >= 15 is 0 Å². The molecule has 0 radical (unpaired) electrons. The fourth-order valence-electron chi connectivity index (χ4n) is 2.74. The van der Waals surface area contributed by atoms with Gasteiger partial charge in [-0.15, -0.1) is 0 Å². The van der Waals surface area contributed by atoms with Crippen LogP contribution in [0.3, 0.4) is 0 Å². The van der Waals surface area contributed by atoms with Gasteiger partial charge in [-0.25, -0.2) is 0 Å². The summed E-state index contributed by atoms with van der Waals surface area (Å²) in [5, 5.41) is 3.64. The molecule has 3 nitrogen and oxygen atoms in total. The maximum absolute atomic E-state index is 5.53. The normalized spacial score (nSPS) is 23.4. The Kier molecular flexibility index (Phi) is 4.97. The standard InChI is InChI=1S/C16H26N2O/c1-4-19-11-10-18-13-16(2,3)17-12-15(18)14-8-6-5-7-9-14/h5-9,15,17H,4,10-13H2,1-3H3. The number of nitrogens with one attached hydrogen (secondary N) is 1. The largest absolute Gasteiger partial charge is 0.380 e. The summed E-state index contributed by atoms with van der Waals surface area (Å²) < 4.78 is 5.53. The summed E-state index contributed by atoms with van der Waals surface area (Å²) >= 11 is 0. The topological polar surface area (TPSA) is 24.5 Å². The summed E-state index contributed by atoms with van der Waals surface area (Å²) in [6.45, 7) is 11.3. The minimum atomic E-state index is 0.178. The maximum atomic E-state index is 5.53. The molecule has 2 rings (SSSR count). The van der Waals surface area contributed by atoms with Crippen LogP contribution in [0.4, 0.5) is 0 Å². The molecule has 19 heavy (non-hydrogen) atoms. The van der Waals surface area contributed by atoms with Gasteiger partial charge in [0.1, 0.15) is 0 Å².